The largest absolute Gasteiger partial charge is 0.466 e. The number of benzene rings is 2. The van der Waals surface area contributed by atoms with E-state index < -0.39 is 44.4 Å². The highest BCUT2D eigenvalue weighted by Crippen LogP contribution is 2.39. The molecular formula is C30H44N3O8P. The predicted octanol–water partition coefficient (Wildman–Crippen LogP) is 5.53. The molecule has 0 bridgehead atoms. The minimum absolute atomic E-state index is 0.150. The number of ether oxygens (including phenoxy) is 3. The van der Waals surface area contributed by atoms with E-state index in [1.807, 2.05) is 47.6 Å². The molecule has 0 aromatic heterocycles. The average molecular weight is 606 g/mol. The number of hydrogen-bond acceptors (Lipinski definition) is 8. The van der Waals surface area contributed by atoms with Gasteiger partial charge in [-0.05, 0) is 48.9 Å². The number of carbonyl (C=O) groups is 3. The van der Waals surface area contributed by atoms with Crippen molar-refractivity contribution in [2.24, 2.45) is 10.8 Å². The van der Waals surface area contributed by atoms with Gasteiger partial charge in [0.15, 0.2) is 6.79 Å². The number of nitrogens with one attached hydrogen (secondary N) is 3. The standard InChI is InChI=1S/C30H44N3O8P/c1-21(27(35)38-18-29(3,4)5)32-42(37,33-22(2)28(36)39-19-30(6,7)8)41-20-40-25-17-13-12-16-24(25)26(34)31-23-14-10-9-11-15-23/h9-17,21-22H,18-20H2,1-8H3,(H,31,34)(H2,32,33,37)/t21-,22-/m0/s1. The van der Waals surface area contributed by atoms with Crippen LogP contribution in [0.3, 0.4) is 0 Å². The predicted molar refractivity (Wildman–Crippen MR) is 161 cm³/mol. The molecule has 0 radical (unpaired) electrons. The van der Waals surface area contributed by atoms with E-state index in [0.29, 0.717) is 5.69 Å². The molecular weight excluding hydrogens is 561 g/mol. The molecule has 0 aliphatic rings. The molecule has 0 saturated carbocycles. The number of para-hydroxylation sites is 2. The first-order chi connectivity index (χ1) is 19.5. The Labute approximate surface area is 248 Å². The molecule has 2 atom stereocenters. The molecule has 42 heavy (non-hydrogen) atoms. The van der Waals surface area contributed by atoms with Crippen LogP contribution in [0.5, 0.6) is 5.75 Å². The lowest BCUT2D eigenvalue weighted by atomic mass is 9.99. The molecule has 0 saturated heterocycles. The summed E-state index contributed by atoms with van der Waals surface area (Å²) < 4.78 is 35.8. The maximum Gasteiger partial charge on any atom is 0.345 e. The Morgan fingerprint density at radius 3 is 1.74 bits per heavy atom. The van der Waals surface area contributed by atoms with Crippen molar-refractivity contribution in [2.75, 3.05) is 25.3 Å². The first kappa shape index (κ1) is 35.0. The lowest BCUT2D eigenvalue weighted by Gasteiger charge is -2.27. The summed E-state index contributed by atoms with van der Waals surface area (Å²) in [6.45, 7) is 14.1. The zero-order valence-corrected chi connectivity index (χ0v) is 26.6. The summed E-state index contributed by atoms with van der Waals surface area (Å²) in [6.07, 6.45) is 0. The zero-order valence-electron chi connectivity index (χ0n) is 25.7. The molecule has 232 valence electrons. The van der Waals surface area contributed by atoms with Gasteiger partial charge in [0.2, 0.25) is 0 Å². The highest BCUT2D eigenvalue weighted by atomic mass is 31.2. The summed E-state index contributed by atoms with van der Waals surface area (Å²) in [7, 11) is -4.13. The second-order valence-corrected chi connectivity index (χ2v) is 14.2. The molecule has 12 heteroatoms. The van der Waals surface area contributed by atoms with Gasteiger partial charge >= 0.3 is 19.6 Å². The second-order valence-electron chi connectivity index (χ2n) is 12.3. The molecule has 0 unspecified atom stereocenters. The Balaban J connectivity index is 2.15. The Kier molecular flexibility index (Phi) is 12.7. The Morgan fingerprint density at radius 2 is 1.24 bits per heavy atom. The fraction of sp³-hybridized carbons (Fsp3) is 0.500. The number of esters is 2. The van der Waals surface area contributed by atoms with Crippen molar-refractivity contribution in [3.63, 3.8) is 0 Å². The minimum atomic E-state index is -4.13. The van der Waals surface area contributed by atoms with Gasteiger partial charge in [0.05, 0.1) is 18.8 Å². The van der Waals surface area contributed by atoms with Gasteiger partial charge in [0.1, 0.15) is 17.8 Å². The molecule has 3 N–H and O–H groups in total. The molecule has 2 aromatic carbocycles. The van der Waals surface area contributed by atoms with Crippen LogP contribution in [0.1, 0.15) is 65.7 Å². The summed E-state index contributed by atoms with van der Waals surface area (Å²) in [4.78, 5) is 38.1. The van der Waals surface area contributed by atoms with E-state index in [1.54, 1.807) is 48.5 Å². The van der Waals surface area contributed by atoms with Gasteiger partial charge < -0.3 is 19.5 Å². The van der Waals surface area contributed by atoms with Crippen molar-refractivity contribution in [2.45, 2.75) is 67.5 Å². The second kappa shape index (κ2) is 15.3. The maximum atomic E-state index is 13.9. The van der Waals surface area contributed by atoms with Crippen LogP contribution in [0.15, 0.2) is 54.6 Å². The van der Waals surface area contributed by atoms with E-state index in [2.05, 4.69) is 15.5 Å². The van der Waals surface area contributed by atoms with Crippen LogP contribution in [-0.4, -0.2) is 49.9 Å². The van der Waals surface area contributed by atoms with Crippen LogP contribution in [0.4, 0.5) is 5.69 Å². The summed E-state index contributed by atoms with van der Waals surface area (Å²) in [5, 5.41) is 8.03. The van der Waals surface area contributed by atoms with E-state index in [9.17, 15) is 18.9 Å². The maximum absolute atomic E-state index is 13.9. The highest BCUT2D eigenvalue weighted by molar-refractivity contribution is 7.54. The summed E-state index contributed by atoms with van der Waals surface area (Å²) in [5.41, 5.74) is 0.283. The number of hydrogen-bond donors (Lipinski definition) is 3. The van der Waals surface area contributed by atoms with Crippen LogP contribution in [0.25, 0.3) is 0 Å². The van der Waals surface area contributed by atoms with Gasteiger partial charge in [-0.3, -0.25) is 23.5 Å². The van der Waals surface area contributed by atoms with Crippen molar-refractivity contribution in [3.8, 4) is 5.75 Å². The van der Waals surface area contributed by atoms with Gasteiger partial charge in [-0.15, -0.1) is 0 Å². The lowest BCUT2D eigenvalue weighted by molar-refractivity contribution is -0.148. The number of anilines is 1. The third-order valence-corrected chi connectivity index (χ3v) is 7.26. The van der Waals surface area contributed by atoms with Crippen molar-refractivity contribution in [1.82, 2.24) is 10.2 Å². The normalized spacial score (nSPS) is 13.5. The highest BCUT2D eigenvalue weighted by Gasteiger charge is 2.34. The van der Waals surface area contributed by atoms with Crippen LogP contribution >= 0.6 is 7.67 Å². The number of carbonyl (C=O) groups excluding carboxylic acids is 3. The van der Waals surface area contributed by atoms with Crippen molar-refractivity contribution < 1.29 is 37.7 Å². The van der Waals surface area contributed by atoms with E-state index in [0.717, 1.165) is 0 Å². The molecule has 0 aliphatic carbocycles. The van der Waals surface area contributed by atoms with Crippen molar-refractivity contribution >= 4 is 31.2 Å². The summed E-state index contributed by atoms with van der Waals surface area (Å²) in [5.74, 6) is -1.54. The van der Waals surface area contributed by atoms with E-state index in [-0.39, 0.29) is 35.4 Å². The van der Waals surface area contributed by atoms with E-state index in [4.69, 9.17) is 18.7 Å². The molecule has 2 rings (SSSR count). The molecule has 0 spiro atoms. The van der Waals surface area contributed by atoms with E-state index >= 15 is 0 Å². The number of amides is 1. The summed E-state index contributed by atoms with van der Waals surface area (Å²) in [6, 6.07) is 13.3. The fourth-order valence-corrected chi connectivity index (χ4v) is 4.87. The molecule has 1 amide bonds. The average Bonchev–Trinajstić information content (AvgIpc) is 2.90. The molecule has 0 heterocycles. The van der Waals surface area contributed by atoms with Crippen molar-refractivity contribution in [3.05, 3.63) is 60.2 Å². The first-order valence-electron chi connectivity index (χ1n) is 13.7. The van der Waals surface area contributed by atoms with Crippen LogP contribution in [0.2, 0.25) is 0 Å². The smallest absolute Gasteiger partial charge is 0.345 e. The number of rotatable bonds is 14. The Hall–Kier alpha value is -3.24. The Morgan fingerprint density at radius 1 is 0.762 bits per heavy atom. The monoisotopic (exact) mass is 605 g/mol. The van der Waals surface area contributed by atoms with E-state index in [1.165, 1.54) is 13.8 Å². The summed E-state index contributed by atoms with van der Waals surface area (Å²) >= 11 is 0. The van der Waals surface area contributed by atoms with Crippen LogP contribution in [-0.2, 0) is 28.2 Å². The van der Waals surface area contributed by atoms with Gasteiger partial charge in [-0.1, -0.05) is 71.9 Å². The van der Waals surface area contributed by atoms with Gasteiger partial charge in [-0.2, -0.15) is 0 Å². The fourth-order valence-electron chi connectivity index (χ4n) is 3.22. The van der Waals surface area contributed by atoms with Crippen LogP contribution < -0.4 is 20.2 Å². The quantitative estimate of drug-likeness (QED) is 0.143. The molecule has 2 aromatic rings. The molecule has 11 nitrogen and oxygen atoms in total. The lowest BCUT2D eigenvalue weighted by Crippen LogP contribution is -2.43. The first-order valence-corrected chi connectivity index (χ1v) is 15.3. The van der Waals surface area contributed by atoms with Gasteiger partial charge in [-0.25, -0.2) is 10.2 Å². The Bertz CT molecular complexity index is 1200. The SMILES string of the molecule is C[C@H](NP(=O)(N[C@@H](C)C(=O)OCC(C)(C)C)OCOc1ccccc1C(=O)Nc1ccccc1)C(=O)OCC(C)(C)C. The molecule has 0 fully saturated rings. The minimum Gasteiger partial charge on any atom is -0.466 e. The van der Waals surface area contributed by atoms with Gasteiger partial charge in [0, 0.05) is 5.69 Å². The van der Waals surface area contributed by atoms with Crippen LogP contribution in [0, 0.1) is 10.8 Å². The topological polar surface area (TPSA) is 141 Å². The van der Waals surface area contributed by atoms with Gasteiger partial charge in [0.25, 0.3) is 5.91 Å². The zero-order chi connectivity index (χ0) is 31.6. The third kappa shape index (κ3) is 12.7. The third-order valence-electron chi connectivity index (χ3n) is 5.34. The molecule has 0 aliphatic heterocycles. The van der Waals surface area contributed by atoms with Crippen molar-refractivity contribution in [1.29, 1.82) is 0 Å².